The van der Waals surface area contributed by atoms with E-state index in [9.17, 15) is 14.7 Å². The van der Waals surface area contributed by atoms with E-state index >= 15 is 0 Å². The van der Waals surface area contributed by atoms with Crippen LogP contribution in [-0.4, -0.2) is 76.6 Å². The molecule has 138 valence electrons. The monoisotopic (exact) mass is 358 g/mol. The molecule has 2 fully saturated rings. The number of benzene rings is 1. The number of oxazole rings is 1. The number of aliphatic hydroxyl groups is 1. The first-order valence-corrected chi connectivity index (χ1v) is 8.87. The minimum Gasteiger partial charge on any atom is -0.423 e. The lowest BCUT2D eigenvalue weighted by molar-refractivity contribution is -0.143. The Balaban J connectivity index is 1.41. The van der Waals surface area contributed by atoms with Crippen molar-refractivity contribution in [3.05, 3.63) is 24.3 Å². The minimum atomic E-state index is -0.631. The molecule has 2 aliphatic rings. The SMILES string of the molecule is CC(=O)N1C[C@H](O)C[C@@H]1C(=O)N1CCN(c2nc3ccccc3o2)CC1. The van der Waals surface area contributed by atoms with Gasteiger partial charge in [0.1, 0.15) is 11.6 Å². The van der Waals surface area contributed by atoms with Crippen LogP contribution in [0.3, 0.4) is 0 Å². The summed E-state index contributed by atoms with van der Waals surface area (Å²) in [5, 5.41) is 9.83. The van der Waals surface area contributed by atoms with Crippen LogP contribution in [-0.2, 0) is 9.59 Å². The number of carbonyl (C=O) groups is 2. The molecule has 26 heavy (non-hydrogen) atoms. The maximum absolute atomic E-state index is 12.8. The molecule has 8 heteroatoms. The number of β-amino-alcohol motifs (C(OH)–C–C–N with tert-alkyl or cyclic N) is 1. The van der Waals surface area contributed by atoms with Crippen molar-refractivity contribution in [2.75, 3.05) is 37.6 Å². The molecule has 2 saturated heterocycles. The van der Waals surface area contributed by atoms with E-state index in [0.717, 1.165) is 11.1 Å². The molecule has 0 spiro atoms. The summed E-state index contributed by atoms with van der Waals surface area (Å²) >= 11 is 0. The zero-order valence-electron chi connectivity index (χ0n) is 14.7. The number of nitrogens with zero attached hydrogens (tertiary/aromatic N) is 4. The first-order valence-electron chi connectivity index (χ1n) is 8.87. The van der Waals surface area contributed by atoms with Crippen molar-refractivity contribution in [1.29, 1.82) is 0 Å². The Bertz CT molecular complexity index is 794. The average molecular weight is 358 g/mol. The highest BCUT2D eigenvalue weighted by Gasteiger charge is 2.40. The summed E-state index contributed by atoms with van der Waals surface area (Å²) in [7, 11) is 0. The van der Waals surface area contributed by atoms with Crippen LogP contribution in [0, 0.1) is 0 Å². The number of hydrogen-bond acceptors (Lipinski definition) is 6. The summed E-state index contributed by atoms with van der Waals surface area (Å²) < 4.78 is 5.79. The molecular formula is C18H22N4O4. The summed E-state index contributed by atoms with van der Waals surface area (Å²) in [4.78, 5) is 34.3. The second-order valence-electron chi connectivity index (χ2n) is 6.85. The van der Waals surface area contributed by atoms with Crippen LogP contribution in [0.15, 0.2) is 28.7 Å². The first-order chi connectivity index (χ1) is 12.5. The summed E-state index contributed by atoms with van der Waals surface area (Å²) in [6, 6.07) is 7.63. The van der Waals surface area contributed by atoms with E-state index in [1.54, 1.807) is 4.90 Å². The van der Waals surface area contributed by atoms with Crippen molar-refractivity contribution in [2.24, 2.45) is 0 Å². The van der Waals surface area contributed by atoms with Crippen LogP contribution in [0.1, 0.15) is 13.3 Å². The molecule has 0 bridgehead atoms. The molecule has 4 rings (SSSR count). The smallest absolute Gasteiger partial charge is 0.298 e. The van der Waals surface area contributed by atoms with Gasteiger partial charge in [0.15, 0.2) is 5.58 Å². The number of para-hydroxylation sites is 2. The highest BCUT2D eigenvalue weighted by atomic mass is 16.4. The molecule has 1 aromatic heterocycles. The maximum atomic E-state index is 12.8. The fourth-order valence-corrected chi connectivity index (χ4v) is 3.72. The molecule has 8 nitrogen and oxygen atoms in total. The molecule has 1 N–H and O–H groups in total. The Labute approximate surface area is 151 Å². The number of likely N-dealkylation sites (tertiary alicyclic amines) is 1. The van der Waals surface area contributed by atoms with Gasteiger partial charge in [0, 0.05) is 46.1 Å². The van der Waals surface area contributed by atoms with Crippen LogP contribution in [0.5, 0.6) is 0 Å². The number of fused-ring (bicyclic) bond motifs is 1. The van der Waals surface area contributed by atoms with Gasteiger partial charge in [-0.05, 0) is 12.1 Å². The van der Waals surface area contributed by atoms with Gasteiger partial charge in [-0.25, -0.2) is 0 Å². The Kier molecular flexibility index (Phi) is 4.28. The normalized spacial score (nSPS) is 23.7. The quantitative estimate of drug-likeness (QED) is 0.839. The number of rotatable bonds is 2. The number of amides is 2. The molecule has 2 atom stereocenters. The summed E-state index contributed by atoms with van der Waals surface area (Å²) in [5.41, 5.74) is 1.57. The Morgan fingerprint density at radius 2 is 1.92 bits per heavy atom. The fraction of sp³-hybridized carbons (Fsp3) is 0.500. The summed E-state index contributed by atoms with van der Waals surface area (Å²) in [6.45, 7) is 3.98. The number of piperazine rings is 1. The third kappa shape index (κ3) is 3.01. The standard InChI is InChI=1S/C18H22N4O4/c1-12(23)22-11-13(24)10-15(22)17(25)20-6-8-21(9-7-20)18-19-14-4-2-3-5-16(14)26-18/h2-5,13,15,24H,6-11H2,1H3/t13-,15-/m1/s1. The van der Waals surface area contributed by atoms with Gasteiger partial charge in [-0.2, -0.15) is 4.98 Å². The molecule has 3 heterocycles. The van der Waals surface area contributed by atoms with Gasteiger partial charge in [-0.3, -0.25) is 9.59 Å². The fourth-order valence-electron chi connectivity index (χ4n) is 3.72. The van der Waals surface area contributed by atoms with Gasteiger partial charge >= 0.3 is 0 Å². The molecule has 1 aromatic carbocycles. The second-order valence-corrected chi connectivity index (χ2v) is 6.85. The van der Waals surface area contributed by atoms with Crippen molar-refractivity contribution in [2.45, 2.75) is 25.5 Å². The van der Waals surface area contributed by atoms with Crippen molar-refractivity contribution in [1.82, 2.24) is 14.8 Å². The largest absolute Gasteiger partial charge is 0.423 e. The number of carbonyl (C=O) groups excluding carboxylic acids is 2. The van der Waals surface area contributed by atoms with E-state index in [1.807, 2.05) is 29.2 Å². The van der Waals surface area contributed by atoms with Crippen molar-refractivity contribution in [3.63, 3.8) is 0 Å². The van der Waals surface area contributed by atoms with Gasteiger partial charge in [-0.15, -0.1) is 0 Å². The lowest BCUT2D eigenvalue weighted by atomic mass is 10.1. The van der Waals surface area contributed by atoms with Gasteiger partial charge in [-0.1, -0.05) is 12.1 Å². The van der Waals surface area contributed by atoms with E-state index in [-0.39, 0.29) is 18.4 Å². The summed E-state index contributed by atoms with van der Waals surface area (Å²) in [5.74, 6) is -0.265. The summed E-state index contributed by atoms with van der Waals surface area (Å²) in [6.07, 6.45) is -0.321. The van der Waals surface area contributed by atoms with Crippen LogP contribution < -0.4 is 4.90 Å². The highest BCUT2D eigenvalue weighted by Crippen LogP contribution is 2.24. The van der Waals surface area contributed by atoms with Crippen molar-refractivity contribution in [3.8, 4) is 0 Å². The Morgan fingerprint density at radius 3 is 2.62 bits per heavy atom. The zero-order chi connectivity index (χ0) is 18.3. The lowest BCUT2D eigenvalue weighted by Crippen LogP contribution is -2.54. The lowest BCUT2D eigenvalue weighted by Gasteiger charge is -2.36. The Morgan fingerprint density at radius 1 is 1.19 bits per heavy atom. The second kappa shape index (κ2) is 6.60. The predicted octanol–water partition coefficient (Wildman–Crippen LogP) is 0.458. The molecule has 0 saturated carbocycles. The molecule has 0 radical (unpaired) electrons. The van der Waals surface area contributed by atoms with Gasteiger partial charge in [0.05, 0.1) is 6.10 Å². The van der Waals surface area contributed by atoms with Crippen LogP contribution in [0.2, 0.25) is 0 Å². The van der Waals surface area contributed by atoms with Crippen LogP contribution in [0.4, 0.5) is 6.01 Å². The van der Waals surface area contributed by atoms with Gasteiger partial charge in [0.25, 0.3) is 6.01 Å². The minimum absolute atomic E-state index is 0.0889. The van der Waals surface area contributed by atoms with Gasteiger partial charge < -0.3 is 24.2 Å². The molecule has 0 aliphatic carbocycles. The third-order valence-corrected chi connectivity index (χ3v) is 5.11. The van der Waals surface area contributed by atoms with Crippen LogP contribution in [0.25, 0.3) is 11.1 Å². The van der Waals surface area contributed by atoms with E-state index in [0.29, 0.717) is 38.6 Å². The number of aromatic nitrogens is 1. The van der Waals surface area contributed by atoms with Gasteiger partial charge in [0.2, 0.25) is 11.8 Å². The van der Waals surface area contributed by atoms with E-state index in [4.69, 9.17) is 4.42 Å². The average Bonchev–Trinajstić information content (AvgIpc) is 3.25. The third-order valence-electron chi connectivity index (χ3n) is 5.11. The molecule has 2 amide bonds. The number of hydrogen-bond donors (Lipinski definition) is 1. The topological polar surface area (TPSA) is 90.1 Å². The van der Waals surface area contributed by atoms with Crippen LogP contribution >= 0.6 is 0 Å². The van der Waals surface area contributed by atoms with Crippen molar-refractivity contribution < 1.29 is 19.1 Å². The molecule has 0 unspecified atom stereocenters. The molecular weight excluding hydrogens is 336 g/mol. The maximum Gasteiger partial charge on any atom is 0.298 e. The first kappa shape index (κ1) is 16.8. The molecule has 2 aromatic rings. The predicted molar refractivity (Wildman–Crippen MR) is 94.6 cm³/mol. The Hall–Kier alpha value is -2.61. The zero-order valence-corrected chi connectivity index (χ0v) is 14.7. The van der Waals surface area contributed by atoms with E-state index in [1.165, 1.54) is 11.8 Å². The van der Waals surface area contributed by atoms with E-state index < -0.39 is 12.1 Å². The van der Waals surface area contributed by atoms with Crippen molar-refractivity contribution >= 4 is 28.9 Å². The molecule has 2 aliphatic heterocycles. The van der Waals surface area contributed by atoms with E-state index in [2.05, 4.69) is 4.98 Å². The number of aliphatic hydroxyl groups excluding tert-OH is 1. The highest BCUT2D eigenvalue weighted by molar-refractivity contribution is 5.88. The number of anilines is 1.